The highest BCUT2D eigenvalue weighted by Crippen LogP contribution is 2.31. The number of sulfonamides is 1. The molecule has 0 bridgehead atoms. The Morgan fingerprint density at radius 3 is 2.29 bits per heavy atom. The lowest BCUT2D eigenvalue weighted by Crippen LogP contribution is -2.27. The number of hydrogen-bond acceptors (Lipinski definition) is 6. The summed E-state index contributed by atoms with van der Waals surface area (Å²) in [6.07, 6.45) is 1.71. The minimum atomic E-state index is -3.54. The minimum absolute atomic E-state index is 0.176. The van der Waals surface area contributed by atoms with Crippen LogP contribution in [0.25, 0.3) is 32.9 Å². The minimum Gasteiger partial charge on any atom is -0.452 e. The quantitative estimate of drug-likeness (QED) is 0.256. The van der Waals surface area contributed by atoms with Gasteiger partial charge in [0.1, 0.15) is 0 Å². The molecule has 0 radical (unpaired) electrons. The number of benzene rings is 4. The maximum absolute atomic E-state index is 13.2. The third kappa shape index (κ3) is 5.41. The van der Waals surface area contributed by atoms with Gasteiger partial charge in [0.25, 0.3) is 5.91 Å². The van der Waals surface area contributed by atoms with Gasteiger partial charge in [-0.15, -0.1) is 0 Å². The van der Waals surface area contributed by atoms with Gasteiger partial charge in [-0.1, -0.05) is 60.7 Å². The Morgan fingerprint density at radius 2 is 1.51 bits per heavy atom. The third-order valence-corrected chi connectivity index (χ3v) is 9.09. The molecule has 1 aliphatic rings. The lowest BCUT2D eigenvalue weighted by atomic mass is 9.99. The van der Waals surface area contributed by atoms with E-state index in [1.54, 1.807) is 12.1 Å². The highest BCUT2D eigenvalue weighted by molar-refractivity contribution is 7.89. The normalized spacial score (nSPS) is 13.9. The van der Waals surface area contributed by atoms with Gasteiger partial charge in [0.05, 0.1) is 21.7 Å². The molecule has 0 aliphatic carbocycles. The number of amides is 1. The summed E-state index contributed by atoms with van der Waals surface area (Å²) in [6.45, 7) is 0.525. The van der Waals surface area contributed by atoms with Crippen molar-refractivity contribution in [1.82, 2.24) is 9.29 Å². The number of anilines is 1. The van der Waals surface area contributed by atoms with Crippen molar-refractivity contribution in [3.63, 3.8) is 0 Å². The molecule has 4 aromatic carbocycles. The van der Waals surface area contributed by atoms with E-state index in [9.17, 15) is 18.0 Å². The summed E-state index contributed by atoms with van der Waals surface area (Å²) in [5, 5.41) is 5.34. The van der Waals surface area contributed by atoms with Crippen LogP contribution >= 0.6 is 0 Å². The Morgan fingerprint density at radius 1 is 0.829 bits per heavy atom. The van der Waals surface area contributed by atoms with Crippen LogP contribution < -0.4 is 5.32 Å². The first-order chi connectivity index (χ1) is 19.9. The molecule has 206 valence electrons. The van der Waals surface area contributed by atoms with Gasteiger partial charge in [0.15, 0.2) is 6.61 Å². The van der Waals surface area contributed by atoms with E-state index in [1.165, 1.54) is 28.6 Å². The number of hydrogen-bond donors (Lipinski definition) is 1. The molecule has 1 amide bonds. The van der Waals surface area contributed by atoms with Crippen LogP contribution in [0.4, 0.5) is 5.69 Å². The number of carbonyl (C=O) groups is 2. The molecule has 2 heterocycles. The van der Waals surface area contributed by atoms with Crippen LogP contribution in [-0.2, 0) is 19.6 Å². The molecule has 6 rings (SSSR count). The summed E-state index contributed by atoms with van der Waals surface area (Å²) in [5.74, 6) is -1.19. The van der Waals surface area contributed by atoms with Gasteiger partial charge in [-0.25, -0.2) is 18.2 Å². The average molecular weight is 566 g/mol. The number of para-hydroxylation sites is 1. The number of fused-ring (bicyclic) bond motifs is 2. The first kappa shape index (κ1) is 26.6. The van der Waals surface area contributed by atoms with Crippen molar-refractivity contribution in [2.24, 2.45) is 0 Å². The van der Waals surface area contributed by atoms with Crippen LogP contribution in [-0.4, -0.2) is 49.3 Å². The van der Waals surface area contributed by atoms with Crippen molar-refractivity contribution in [2.75, 3.05) is 25.0 Å². The monoisotopic (exact) mass is 565 g/mol. The molecule has 1 N–H and O–H groups in total. The van der Waals surface area contributed by atoms with E-state index in [4.69, 9.17) is 9.72 Å². The second-order valence-electron chi connectivity index (χ2n) is 9.86. The Hall–Kier alpha value is -4.60. The predicted molar refractivity (Wildman–Crippen MR) is 158 cm³/mol. The number of esters is 1. The molecular formula is C32H27N3O5S. The summed E-state index contributed by atoms with van der Waals surface area (Å²) < 4.78 is 32.3. The average Bonchev–Trinajstić information content (AvgIpc) is 3.56. The van der Waals surface area contributed by atoms with E-state index in [1.807, 2.05) is 60.7 Å². The lowest BCUT2D eigenvalue weighted by Gasteiger charge is -2.15. The van der Waals surface area contributed by atoms with Crippen LogP contribution in [0.2, 0.25) is 0 Å². The number of ether oxygens (including phenoxy) is 1. The van der Waals surface area contributed by atoms with E-state index in [2.05, 4.69) is 5.32 Å². The molecule has 1 aromatic heterocycles. The van der Waals surface area contributed by atoms with Crippen LogP contribution in [0.3, 0.4) is 0 Å². The smallest absolute Gasteiger partial charge is 0.339 e. The van der Waals surface area contributed by atoms with Crippen molar-refractivity contribution >= 4 is 49.3 Å². The van der Waals surface area contributed by atoms with Crippen molar-refractivity contribution in [2.45, 2.75) is 17.7 Å². The fourth-order valence-corrected chi connectivity index (χ4v) is 6.64. The van der Waals surface area contributed by atoms with Gasteiger partial charge in [-0.05, 0) is 60.0 Å². The molecule has 1 saturated heterocycles. The second kappa shape index (κ2) is 11.1. The second-order valence-corrected chi connectivity index (χ2v) is 11.8. The summed E-state index contributed by atoms with van der Waals surface area (Å²) in [7, 11) is -3.54. The van der Waals surface area contributed by atoms with Crippen LogP contribution in [0, 0.1) is 0 Å². The molecule has 5 aromatic rings. The van der Waals surface area contributed by atoms with Crippen molar-refractivity contribution in [3.8, 4) is 11.3 Å². The Kier molecular flexibility index (Phi) is 7.21. The van der Waals surface area contributed by atoms with Gasteiger partial charge in [-0.3, -0.25) is 4.79 Å². The van der Waals surface area contributed by atoms with E-state index >= 15 is 0 Å². The molecule has 0 atom stereocenters. The zero-order valence-corrected chi connectivity index (χ0v) is 22.9. The number of aromatic nitrogens is 1. The first-order valence-corrected chi connectivity index (χ1v) is 14.8. The van der Waals surface area contributed by atoms with Crippen molar-refractivity contribution in [3.05, 3.63) is 103 Å². The molecular weight excluding hydrogens is 538 g/mol. The van der Waals surface area contributed by atoms with E-state index in [0.29, 0.717) is 40.9 Å². The topological polar surface area (TPSA) is 106 Å². The van der Waals surface area contributed by atoms with Crippen molar-refractivity contribution < 1.29 is 22.7 Å². The van der Waals surface area contributed by atoms with Gasteiger partial charge >= 0.3 is 5.97 Å². The zero-order valence-electron chi connectivity index (χ0n) is 22.1. The maximum Gasteiger partial charge on any atom is 0.339 e. The molecule has 8 nitrogen and oxygen atoms in total. The maximum atomic E-state index is 13.2. The van der Waals surface area contributed by atoms with Gasteiger partial charge < -0.3 is 10.1 Å². The number of pyridine rings is 1. The van der Waals surface area contributed by atoms with Crippen LogP contribution in [0.15, 0.2) is 102 Å². The molecule has 0 saturated carbocycles. The van der Waals surface area contributed by atoms with Gasteiger partial charge in [0, 0.05) is 29.7 Å². The highest BCUT2D eigenvalue weighted by Gasteiger charge is 2.27. The summed E-state index contributed by atoms with van der Waals surface area (Å²) in [5.41, 5.74) is 2.86. The Bertz CT molecular complexity index is 1880. The number of nitrogens with one attached hydrogen (secondary N) is 1. The molecule has 1 aliphatic heterocycles. The SMILES string of the molecule is O=C(COC(=O)c1cc(-c2cccc3ccccc23)nc2ccccc12)Nc1ccc(S(=O)(=O)N2CCCC2)cc1. The number of nitrogens with zero attached hydrogens (tertiary/aromatic N) is 2. The van der Waals surface area contributed by atoms with Crippen LogP contribution in [0.1, 0.15) is 23.2 Å². The van der Waals surface area contributed by atoms with E-state index in [-0.39, 0.29) is 4.90 Å². The highest BCUT2D eigenvalue weighted by atomic mass is 32.2. The van der Waals surface area contributed by atoms with Gasteiger partial charge in [-0.2, -0.15) is 4.31 Å². The van der Waals surface area contributed by atoms with Crippen molar-refractivity contribution in [1.29, 1.82) is 0 Å². The fraction of sp³-hybridized carbons (Fsp3) is 0.156. The molecule has 9 heteroatoms. The number of rotatable bonds is 7. The summed E-state index contributed by atoms with van der Waals surface area (Å²) >= 11 is 0. The molecule has 0 spiro atoms. The molecule has 1 fully saturated rings. The van der Waals surface area contributed by atoms with E-state index in [0.717, 1.165) is 29.2 Å². The fourth-order valence-electron chi connectivity index (χ4n) is 5.12. The first-order valence-electron chi connectivity index (χ1n) is 13.4. The molecule has 41 heavy (non-hydrogen) atoms. The predicted octanol–water partition coefficient (Wildman–Crippen LogP) is 5.64. The summed E-state index contributed by atoms with van der Waals surface area (Å²) in [4.78, 5) is 30.8. The standard InChI is InChI=1S/C32H27N3O5S/c36-31(33-23-14-16-24(17-15-23)41(38,39)35-18-5-6-19-35)21-40-32(37)28-20-30(34-29-13-4-3-11-27(28)29)26-12-7-9-22-8-1-2-10-25(22)26/h1-4,7-17,20H,5-6,18-19,21H2,(H,33,36). The molecule has 0 unspecified atom stereocenters. The lowest BCUT2D eigenvalue weighted by molar-refractivity contribution is -0.119. The van der Waals surface area contributed by atoms with Gasteiger partial charge in [0.2, 0.25) is 10.0 Å². The number of carbonyl (C=O) groups excluding carboxylic acids is 2. The Balaban J connectivity index is 1.19. The van der Waals surface area contributed by atoms with Crippen LogP contribution in [0.5, 0.6) is 0 Å². The largest absolute Gasteiger partial charge is 0.452 e. The zero-order chi connectivity index (χ0) is 28.4. The van der Waals surface area contributed by atoms with E-state index < -0.39 is 28.5 Å². The Labute approximate surface area is 237 Å². The third-order valence-electron chi connectivity index (χ3n) is 7.18. The summed E-state index contributed by atoms with van der Waals surface area (Å²) in [6, 6.07) is 28.9.